The summed E-state index contributed by atoms with van der Waals surface area (Å²) in [5, 5.41) is 4.79. The van der Waals surface area contributed by atoms with Crippen molar-refractivity contribution < 1.29 is 9.53 Å². The first kappa shape index (κ1) is 18.5. The number of carbonyl (C=O) groups excluding carboxylic acids is 1. The molecule has 5 heteroatoms. The highest BCUT2D eigenvalue weighted by molar-refractivity contribution is 6.30. The van der Waals surface area contributed by atoms with Gasteiger partial charge in [-0.3, -0.25) is 4.79 Å². The summed E-state index contributed by atoms with van der Waals surface area (Å²) in [4.78, 5) is 12.0. The van der Waals surface area contributed by atoms with Gasteiger partial charge in [0, 0.05) is 10.9 Å². The van der Waals surface area contributed by atoms with Gasteiger partial charge in [-0.25, -0.2) is 5.43 Å². The number of hydrogen-bond donors (Lipinski definition) is 1. The Morgan fingerprint density at radius 1 is 1.08 bits per heavy atom. The van der Waals surface area contributed by atoms with Gasteiger partial charge in [0.2, 0.25) is 5.91 Å². The summed E-state index contributed by atoms with van der Waals surface area (Å²) in [6.07, 6.45) is 7.11. The van der Waals surface area contributed by atoms with Crippen LogP contribution in [0.4, 0.5) is 0 Å². The minimum absolute atomic E-state index is 0.0314. The molecule has 2 aromatic carbocycles. The van der Waals surface area contributed by atoms with Gasteiger partial charge in [-0.2, -0.15) is 5.10 Å². The highest BCUT2D eigenvalue weighted by Gasteiger charge is 2.20. The molecule has 1 aliphatic carbocycles. The standard InChI is InChI=1S/C21H23ClN2O2/c22-19-10-6-17(7-11-19)15-26-20-12-8-16(9-13-20)14-23-24-21(25)18-4-2-1-3-5-18/h6-14,18H,1-5,15H2,(H,24,25)/b23-14-. The molecule has 1 N–H and O–H groups in total. The Balaban J connectivity index is 1.46. The quantitative estimate of drug-likeness (QED) is 0.577. The molecule has 26 heavy (non-hydrogen) atoms. The highest BCUT2D eigenvalue weighted by atomic mass is 35.5. The number of hydrazone groups is 1. The summed E-state index contributed by atoms with van der Waals surface area (Å²) in [6, 6.07) is 15.2. The molecule has 1 amide bonds. The molecule has 0 aromatic heterocycles. The second kappa shape index (κ2) is 9.39. The van der Waals surface area contributed by atoms with E-state index in [9.17, 15) is 4.79 Å². The third-order valence-corrected chi connectivity index (χ3v) is 4.82. The van der Waals surface area contributed by atoms with Gasteiger partial charge >= 0.3 is 0 Å². The van der Waals surface area contributed by atoms with Gasteiger partial charge in [0.15, 0.2) is 0 Å². The largest absolute Gasteiger partial charge is 0.489 e. The first-order chi connectivity index (χ1) is 12.7. The summed E-state index contributed by atoms with van der Waals surface area (Å²) < 4.78 is 5.75. The molecule has 0 saturated heterocycles. The van der Waals surface area contributed by atoms with Crippen molar-refractivity contribution in [2.24, 2.45) is 11.0 Å². The number of nitrogens with zero attached hydrogens (tertiary/aromatic N) is 1. The molecule has 1 fully saturated rings. The fraction of sp³-hybridized carbons (Fsp3) is 0.333. The van der Waals surface area contributed by atoms with E-state index in [4.69, 9.17) is 16.3 Å². The molecule has 0 spiro atoms. The Morgan fingerprint density at radius 3 is 2.46 bits per heavy atom. The molecule has 4 nitrogen and oxygen atoms in total. The lowest BCUT2D eigenvalue weighted by molar-refractivity contribution is -0.125. The number of hydrogen-bond acceptors (Lipinski definition) is 3. The van der Waals surface area contributed by atoms with E-state index in [1.165, 1.54) is 6.42 Å². The molecule has 136 valence electrons. The fourth-order valence-electron chi connectivity index (χ4n) is 3.02. The number of ether oxygens (including phenoxy) is 1. The van der Waals surface area contributed by atoms with E-state index in [1.54, 1.807) is 6.21 Å². The van der Waals surface area contributed by atoms with E-state index >= 15 is 0 Å². The van der Waals surface area contributed by atoms with Crippen LogP contribution in [0.2, 0.25) is 5.02 Å². The van der Waals surface area contributed by atoms with Crippen molar-refractivity contribution in [1.82, 2.24) is 5.43 Å². The maximum absolute atomic E-state index is 12.0. The van der Waals surface area contributed by atoms with Crippen LogP contribution in [0, 0.1) is 5.92 Å². The minimum Gasteiger partial charge on any atom is -0.489 e. The fourth-order valence-corrected chi connectivity index (χ4v) is 3.15. The molecule has 2 aromatic rings. The Hall–Kier alpha value is -2.33. The average Bonchev–Trinajstić information content (AvgIpc) is 2.69. The van der Waals surface area contributed by atoms with E-state index < -0.39 is 0 Å². The van der Waals surface area contributed by atoms with Gasteiger partial charge in [0.25, 0.3) is 0 Å². The van der Waals surface area contributed by atoms with Crippen LogP contribution in [0.5, 0.6) is 5.75 Å². The third-order valence-electron chi connectivity index (χ3n) is 4.56. The lowest BCUT2D eigenvalue weighted by Gasteiger charge is -2.19. The average molecular weight is 371 g/mol. The summed E-state index contributed by atoms with van der Waals surface area (Å²) in [6.45, 7) is 0.488. The summed E-state index contributed by atoms with van der Waals surface area (Å²) >= 11 is 5.87. The van der Waals surface area contributed by atoms with Crippen LogP contribution in [0.3, 0.4) is 0 Å². The van der Waals surface area contributed by atoms with E-state index in [0.29, 0.717) is 11.6 Å². The first-order valence-corrected chi connectivity index (χ1v) is 9.39. The molecular formula is C21H23ClN2O2. The van der Waals surface area contributed by atoms with Crippen LogP contribution < -0.4 is 10.2 Å². The SMILES string of the molecule is O=C(N/N=C\c1ccc(OCc2ccc(Cl)cc2)cc1)C1CCCCC1. The van der Waals surface area contributed by atoms with Gasteiger partial charge in [-0.1, -0.05) is 43.0 Å². The highest BCUT2D eigenvalue weighted by Crippen LogP contribution is 2.23. The number of nitrogens with one attached hydrogen (secondary N) is 1. The van der Waals surface area contributed by atoms with Crippen molar-refractivity contribution in [2.45, 2.75) is 38.7 Å². The Bertz CT molecular complexity index is 736. The van der Waals surface area contributed by atoms with E-state index in [1.807, 2.05) is 48.5 Å². The van der Waals surface area contributed by atoms with Crippen molar-refractivity contribution in [3.63, 3.8) is 0 Å². The summed E-state index contributed by atoms with van der Waals surface area (Å²) in [5.41, 5.74) is 4.63. The van der Waals surface area contributed by atoms with Gasteiger partial charge in [0.1, 0.15) is 12.4 Å². The third kappa shape index (κ3) is 5.60. The van der Waals surface area contributed by atoms with Crippen molar-refractivity contribution in [2.75, 3.05) is 0 Å². The number of carbonyl (C=O) groups is 1. The Kier molecular flexibility index (Phi) is 6.67. The second-order valence-electron chi connectivity index (χ2n) is 6.55. The molecule has 0 radical (unpaired) electrons. The zero-order valence-electron chi connectivity index (χ0n) is 14.7. The van der Waals surface area contributed by atoms with Crippen LogP contribution in [-0.2, 0) is 11.4 Å². The van der Waals surface area contributed by atoms with E-state index in [-0.39, 0.29) is 11.8 Å². The monoisotopic (exact) mass is 370 g/mol. The zero-order valence-corrected chi connectivity index (χ0v) is 15.4. The van der Waals surface area contributed by atoms with Gasteiger partial charge in [0.05, 0.1) is 6.21 Å². The summed E-state index contributed by atoms with van der Waals surface area (Å²) in [5.74, 6) is 0.928. The number of halogens is 1. The van der Waals surface area contributed by atoms with E-state index in [0.717, 1.165) is 42.6 Å². The predicted octanol–water partition coefficient (Wildman–Crippen LogP) is 4.95. The van der Waals surface area contributed by atoms with Crippen molar-refractivity contribution in [1.29, 1.82) is 0 Å². The second-order valence-corrected chi connectivity index (χ2v) is 6.99. The molecule has 0 atom stereocenters. The van der Waals surface area contributed by atoms with Gasteiger partial charge in [-0.15, -0.1) is 0 Å². The van der Waals surface area contributed by atoms with Crippen LogP contribution in [0.1, 0.15) is 43.2 Å². The molecule has 0 unspecified atom stereocenters. The maximum atomic E-state index is 12.0. The van der Waals surface area contributed by atoms with Crippen LogP contribution >= 0.6 is 11.6 Å². The van der Waals surface area contributed by atoms with Crippen molar-refractivity contribution in [3.05, 3.63) is 64.7 Å². The summed E-state index contributed by atoms with van der Waals surface area (Å²) in [7, 11) is 0. The molecule has 0 aliphatic heterocycles. The van der Waals surface area contributed by atoms with Crippen LogP contribution in [-0.4, -0.2) is 12.1 Å². The van der Waals surface area contributed by atoms with E-state index in [2.05, 4.69) is 10.5 Å². The Labute approximate surface area is 159 Å². The smallest absolute Gasteiger partial charge is 0.243 e. The lowest BCUT2D eigenvalue weighted by atomic mass is 9.89. The number of benzene rings is 2. The minimum atomic E-state index is 0.0314. The molecular weight excluding hydrogens is 348 g/mol. The maximum Gasteiger partial charge on any atom is 0.243 e. The van der Waals surface area contributed by atoms with Crippen molar-refractivity contribution >= 4 is 23.7 Å². The lowest BCUT2D eigenvalue weighted by Crippen LogP contribution is -2.28. The number of rotatable bonds is 6. The predicted molar refractivity (Wildman–Crippen MR) is 105 cm³/mol. The van der Waals surface area contributed by atoms with Crippen molar-refractivity contribution in [3.8, 4) is 5.75 Å². The first-order valence-electron chi connectivity index (χ1n) is 9.01. The molecule has 0 heterocycles. The van der Waals surface area contributed by atoms with Crippen LogP contribution in [0.15, 0.2) is 53.6 Å². The molecule has 0 bridgehead atoms. The molecule has 1 aliphatic rings. The van der Waals surface area contributed by atoms with Crippen LogP contribution in [0.25, 0.3) is 0 Å². The molecule has 3 rings (SSSR count). The van der Waals surface area contributed by atoms with Gasteiger partial charge in [-0.05, 0) is 60.4 Å². The molecule has 1 saturated carbocycles. The number of amides is 1. The Morgan fingerprint density at radius 2 is 1.77 bits per heavy atom. The zero-order chi connectivity index (χ0) is 18.2. The van der Waals surface area contributed by atoms with Gasteiger partial charge < -0.3 is 4.74 Å². The topological polar surface area (TPSA) is 50.7 Å². The normalized spacial score (nSPS) is 15.1.